The van der Waals surface area contributed by atoms with E-state index in [4.69, 9.17) is 9.26 Å². The van der Waals surface area contributed by atoms with E-state index in [2.05, 4.69) is 22.6 Å². The maximum atomic E-state index is 12.7. The molecular weight excluding hydrogens is 328 g/mol. The topological polar surface area (TPSA) is 64.4 Å². The fourth-order valence-electron chi connectivity index (χ4n) is 3.38. The molecule has 0 aliphatic carbocycles. The first-order valence-electron chi connectivity index (χ1n) is 8.69. The Hall–Kier alpha value is -3.08. The van der Waals surface area contributed by atoms with Gasteiger partial charge in [0.15, 0.2) is 0 Å². The van der Waals surface area contributed by atoms with Gasteiger partial charge in [-0.05, 0) is 19.4 Å². The number of carbonyl (C=O) groups is 1. The molecule has 3 aromatic rings. The Kier molecular flexibility index (Phi) is 4.21. The maximum absolute atomic E-state index is 12.7. The van der Waals surface area contributed by atoms with Gasteiger partial charge in [-0.2, -0.15) is 0 Å². The van der Waals surface area contributed by atoms with E-state index < -0.39 is 0 Å². The zero-order valence-electron chi connectivity index (χ0n) is 14.8. The van der Waals surface area contributed by atoms with E-state index >= 15 is 0 Å². The Morgan fingerprint density at radius 1 is 1.15 bits per heavy atom. The van der Waals surface area contributed by atoms with Crippen molar-refractivity contribution in [3.63, 3.8) is 0 Å². The van der Waals surface area contributed by atoms with E-state index in [9.17, 15) is 4.79 Å². The number of aromatic nitrogens is 1. The summed E-state index contributed by atoms with van der Waals surface area (Å²) in [6.07, 6.45) is 0.724. The lowest BCUT2D eigenvalue weighted by Crippen LogP contribution is -2.32. The molecule has 1 aliphatic heterocycles. The van der Waals surface area contributed by atoms with Crippen LogP contribution in [0.15, 0.2) is 53.1 Å². The van der Waals surface area contributed by atoms with Crippen LogP contribution in [0.4, 0.5) is 0 Å². The minimum atomic E-state index is -0.267. The van der Waals surface area contributed by atoms with Crippen molar-refractivity contribution in [2.24, 2.45) is 0 Å². The number of carbonyl (C=O) groups excluding carboxylic acids is 1. The van der Waals surface area contributed by atoms with Gasteiger partial charge < -0.3 is 14.6 Å². The van der Waals surface area contributed by atoms with E-state index in [0.29, 0.717) is 12.3 Å². The molecule has 26 heavy (non-hydrogen) atoms. The lowest BCUT2D eigenvalue weighted by molar-refractivity contribution is 0.0887. The molecule has 1 atom stereocenters. The monoisotopic (exact) mass is 348 g/mol. The van der Waals surface area contributed by atoms with Gasteiger partial charge in [0.2, 0.25) is 5.76 Å². The van der Waals surface area contributed by atoms with E-state index in [1.54, 1.807) is 6.07 Å². The van der Waals surface area contributed by atoms with Crippen LogP contribution in [0.5, 0.6) is 5.75 Å². The summed E-state index contributed by atoms with van der Waals surface area (Å²) in [7, 11) is 0. The highest BCUT2D eigenvalue weighted by Crippen LogP contribution is 2.36. The van der Waals surface area contributed by atoms with E-state index in [-0.39, 0.29) is 17.7 Å². The van der Waals surface area contributed by atoms with Crippen LogP contribution in [0, 0.1) is 13.8 Å². The molecule has 2 aromatic carbocycles. The molecule has 0 fully saturated rings. The molecule has 132 valence electrons. The number of rotatable bonds is 3. The molecule has 0 bridgehead atoms. The first-order valence-corrected chi connectivity index (χ1v) is 8.69. The third-order valence-electron chi connectivity index (χ3n) is 4.58. The van der Waals surface area contributed by atoms with Crippen molar-refractivity contribution in [2.75, 3.05) is 6.61 Å². The highest BCUT2D eigenvalue weighted by atomic mass is 16.5. The van der Waals surface area contributed by atoms with Gasteiger partial charge in [-0.25, -0.2) is 0 Å². The number of ether oxygens (including phenoxy) is 1. The summed E-state index contributed by atoms with van der Waals surface area (Å²) in [5.74, 6) is 0.813. The summed E-state index contributed by atoms with van der Waals surface area (Å²) in [5.41, 5.74) is 4.82. The van der Waals surface area contributed by atoms with Crippen molar-refractivity contribution in [2.45, 2.75) is 26.3 Å². The van der Waals surface area contributed by atoms with Gasteiger partial charge in [0.1, 0.15) is 11.4 Å². The zero-order chi connectivity index (χ0) is 18.1. The molecule has 1 N–H and O–H groups in total. The molecule has 4 rings (SSSR count). The van der Waals surface area contributed by atoms with Crippen molar-refractivity contribution in [1.29, 1.82) is 0 Å². The summed E-state index contributed by atoms with van der Waals surface area (Å²) in [6.45, 7) is 4.65. The summed E-state index contributed by atoms with van der Waals surface area (Å²) >= 11 is 0. The van der Waals surface area contributed by atoms with Gasteiger partial charge in [-0.1, -0.05) is 53.2 Å². The predicted octanol–water partition coefficient (Wildman–Crippen LogP) is 4.21. The Labute approximate surface area is 152 Å². The van der Waals surface area contributed by atoms with Gasteiger partial charge in [0.05, 0.1) is 12.6 Å². The number of amides is 1. The number of benzene rings is 2. The number of nitrogens with one attached hydrogen (secondary N) is 1. The lowest BCUT2D eigenvalue weighted by atomic mass is 9.95. The van der Waals surface area contributed by atoms with Crippen molar-refractivity contribution in [3.8, 4) is 17.0 Å². The molecule has 1 aromatic heterocycles. The van der Waals surface area contributed by atoms with Crippen molar-refractivity contribution >= 4 is 5.91 Å². The zero-order valence-corrected chi connectivity index (χ0v) is 14.8. The summed E-state index contributed by atoms with van der Waals surface area (Å²) in [6, 6.07) is 15.4. The van der Waals surface area contributed by atoms with E-state index in [0.717, 1.165) is 34.4 Å². The molecule has 0 radical (unpaired) electrons. The van der Waals surface area contributed by atoms with Crippen LogP contribution < -0.4 is 10.1 Å². The molecular formula is C21H20N2O3. The van der Waals surface area contributed by atoms with Gasteiger partial charge >= 0.3 is 0 Å². The smallest absolute Gasteiger partial charge is 0.290 e. The normalized spacial score (nSPS) is 15.8. The van der Waals surface area contributed by atoms with Gasteiger partial charge in [0.25, 0.3) is 5.91 Å². The number of hydrogen-bond donors (Lipinski definition) is 1. The first-order chi connectivity index (χ1) is 12.6. The van der Waals surface area contributed by atoms with Gasteiger partial charge in [0, 0.05) is 23.6 Å². The van der Waals surface area contributed by atoms with Crippen LogP contribution in [0.3, 0.4) is 0 Å². The van der Waals surface area contributed by atoms with Gasteiger partial charge in [-0.3, -0.25) is 4.79 Å². The maximum Gasteiger partial charge on any atom is 0.290 e. The molecule has 2 heterocycles. The van der Waals surface area contributed by atoms with Gasteiger partial charge in [-0.15, -0.1) is 0 Å². The van der Waals surface area contributed by atoms with Crippen LogP contribution >= 0.6 is 0 Å². The minimum absolute atomic E-state index is 0.102. The second-order valence-corrected chi connectivity index (χ2v) is 6.61. The Morgan fingerprint density at radius 3 is 2.77 bits per heavy atom. The largest absolute Gasteiger partial charge is 0.493 e. The number of hydrogen-bond acceptors (Lipinski definition) is 4. The molecule has 1 amide bonds. The van der Waals surface area contributed by atoms with Crippen LogP contribution in [0.25, 0.3) is 11.3 Å². The Bertz CT molecular complexity index is 947. The molecule has 0 spiro atoms. The standard InChI is InChI=1S/C21H20N2O3/c1-13-10-14(2)20-16(11-13)17(8-9-25-20)22-21(24)19-12-18(23-26-19)15-6-4-3-5-7-15/h3-7,10-12,17H,8-9H2,1-2H3,(H,22,24). The summed E-state index contributed by atoms with van der Waals surface area (Å²) in [5, 5.41) is 7.07. The molecule has 5 heteroatoms. The Morgan fingerprint density at radius 2 is 1.96 bits per heavy atom. The average molecular weight is 348 g/mol. The van der Waals surface area contributed by atoms with Crippen LogP contribution in [-0.2, 0) is 0 Å². The fourth-order valence-corrected chi connectivity index (χ4v) is 3.38. The molecule has 0 saturated carbocycles. The first kappa shape index (κ1) is 16.4. The van der Waals surface area contributed by atoms with E-state index in [1.807, 2.05) is 44.2 Å². The highest BCUT2D eigenvalue weighted by molar-refractivity contribution is 5.92. The van der Waals surface area contributed by atoms with Crippen LogP contribution in [0.2, 0.25) is 0 Å². The minimum Gasteiger partial charge on any atom is -0.493 e. The summed E-state index contributed by atoms with van der Waals surface area (Å²) in [4.78, 5) is 12.7. The summed E-state index contributed by atoms with van der Waals surface area (Å²) < 4.78 is 11.1. The molecule has 0 saturated heterocycles. The Balaban J connectivity index is 1.56. The molecule has 1 aliphatic rings. The number of fused-ring (bicyclic) bond motifs is 1. The van der Waals surface area contributed by atoms with Crippen molar-refractivity contribution in [3.05, 3.63) is 71.0 Å². The van der Waals surface area contributed by atoms with Crippen molar-refractivity contribution in [1.82, 2.24) is 10.5 Å². The molecule has 5 nitrogen and oxygen atoms in total. The SMILES string of the molecule is Cc1cc(C)c2c(c1)C(NC(=O)c1cc(-c3ccccc3)no1)CCO2. The van der Waals surface area contributed by atoms with Crippen LogP contribution in [0.1, 0.15) is 39.7 Å². The second-order valence-electron chi connectivity index (χ2n) is 6.61. The third-order valence-corrected chi connectivity index (χ3v) is 4.58. The predicted molar refractivity (Wildman–Crippen MR) is 98.2 cm³/mol. The van der Waals surface area contributed by atoms with E-state index in [1.165, 1.54) is 0 Å². The third kappa shape index (κ3) is 3.08. The van der Waals surface area contributed by atoms with Crippen molar-refractivity contribution < 1.29 is 14.1 Å². The lowest BCUT2D eigenvalue weighted by Gasteiger charge is -2.28. The second kappa shape index (κ2) is 6.67. The quantitative estimate of drug-likeness (QED) is 0.770. The molecule has 1 unspecified atom stereocenters. The average Bonchev–Trinajstić information content (AvgIpc) is 3.13. The highest BCUT2D eigenvalue weighted by Gasteiger charge is 2.26. The number of nitrogens with zero attached hydrogens (tertiary/aromatic N) is 1. The van der Waals surface area contributed by atoms with Crippen LogP contribution in [-0.4, -0.2) is 17.7 Å². The number of aryl methyl sites for hydroxylation is 2. The fraction of sp³-hybridized carbons (Fsp3) is 0.238.